The second kappa shape index (κ2) is 6.40. The second-order valence-electron chi connectivity index (χ2n) is 5.17. The number of hydrogen-bond donors (Lipinski definition) is 1. The number of hydrogen-bond acceptors (Lipinski definition) is 2. The summed E-state index contributed by atoms with van der Waals surface area (Å²) in [5.41, 5.74) is 0.814. The summed E-state index contributed by atoms with van der Waals surface area (Å²) < 4.78 is 13.6. The normalized spacial score (nSPS) is 21.8. The zero-order valence-electron chi connectivity index (χ0n) is 11.2. The van der Waals surface area contributed by atoms with Crippen LogP contribution in [0, 0.1) is 11.7 Å². The molecule has 0 radical (unpaired) electrons. The minimum atomic E-state index is -0.404. The summed E-state index contributed by atoms with van der Waals surface area (Å²) >= 11 is 11.9. The fourth-order valence-corrected chi connectivity index (χ4v) is 3.27. The quantitative estimate of drug-likeness (QED) is 0.853. The maximum Gasteiger partial charge on any atom is 0.142 e. The van der Waals surface area contributed by atoms with Gasteiger partial charge in [0.2, 0.25) is 0 Å². The van der Waals surface area contributed by atoms with Crippen LogP contribution in [0.15, 0.2) is 12.1 Å². The zero-order chi connectivity index (χ0) is 14.0. The largest absolute Gasteiger partial charge is 0.319 e. The van der Waals surface area contributed by atoms with Crippen molar-refractivity contribution in [2.75, 3.05) is 26.7 Å². The summed E-state index contributed by atoms with van der Waals surface area (Å²) in [6.45, 7) is 5.12. The first-order valence-corrected chi connectivity index (χ1v) is 7.31. The van der Waals surface area contributed by atoms with Crippen LogP contribution < -0.4 is 5.32 Å². The first-order valence-electron chi connectivity index (χ1n) is 6.56. The molecule has 1 saturated heterocycles. The van der Waals surface area contributed by atoms with Crippen molar-refractivity contribution in [1.29, 1.82) is 0 Å². The predicted molar refractivity (Wildman–Crippen MR) is 78.4 cm³/mol. The highest BCUT2D eigenvalue weighted by Gasteiger charge is 2.27. The average Bonchev–Trinajstić information content (AvgIpc) is 2.82. The summed E-state index contributed by atoms with van der Waals surface area (Å²) in [5.74, 6) is 0.252. The Morgan fingerprint density at radius 3 is 2.84 bits per heavy atom. The van der Waals surface area contributed by atoms with Gasteiger partial charge in [-0.25, -0.2) is 4.39 Å². The third kappa shape index (κ3) is 3.40. The molecule has 0 aliphatic carbocycles. The van der Waals surface area contributed by atoms with Crippen molar-refractivity contribution >= 4 is 23.2 Å². The molecule has 1 aliphatic rings. The molecule has 1 heterocycles. The van der Waals surface area contributed by atoms with Crippen molar-refractivity contribution in [2.24, 2.45) is 5.92 Å². The third-order valence-electron chi connectivity index (χ3n) is 3.85. The van der Waals surface area contributed by atoms with E-state index in [2.05, 4.69) is 17.1 Å². The van der Waals surface area contributed by atoms with Gasteiger partial charge in [0.25, 0.3) is 0 Å². The minimum Gasteiger partial charge on any atom is -0.319 e. The smallest absolute Gasteiger partial charge is 0.142 e. The van der Waals surface area contributed by atoms with Crippen LogP contribution in [-0.2, 0) is 0 Å². The fraction of sp³-hybridized carbons (Fsp3) is 0.571. The number of nitrogens with zero attached hydrogens (tertiary/aromatic N) is 1. The summed E-state index contributed by atoms with van der Waals surface area (Å²) in [4.78, 5) is 2.34. The molecular formula is C14H19Cl2FN2. The van der Waals surface area contributed by atoms with Gasteiger partial charge in [0.15, 0.2) is 0 Å². The molecule has 2 nitrogen and oxygen atoms in total. The standard InChI is InChI=1S/C14H19Cl2FN2/c1-9(19-4-3-10(8-19)7-18-2)11-5-14(17)13(16)6-12(11)15/h5-6,9-10,18H,3-4,7-8H2,1-2H3. The number of likely N-dealkylation sites (tertiary alicyclic amines) is 1. The Morgan fingerprint density at radius 2 is 2.16 bits per heavy atom. The lowest BCUT2D eigenvalue weighted by Gasteiger charge is -2.25. The monoisotopic (exact) mass is 304 g/mol. The van der Waals surface area contributed by atoms with Gasteiger partial charge in [0.1, 0.15) is 5.82 Å². The van der Waals surface area contributed by atoms with Crippen LogP contribution in [-0.4, -0.2) is 31.6 Å². The Hall–Kier alpha value is -0.350. The SMILES string of the molecule is CNCC1CCN(C(C)c2cc(F)c(Cl)cc2Cl)C1. The van der Waals surface area contributed by atoms with Crippen molar-refractivity contribution in [1.82, 2.24) is 10.2 Å². The van der Waals surface area contributed by atoms with Crippen LogP contribution in [0.5, 0.6) is 0 Å². The first-order chi connectivity index (χ1) is 9.02. The van der Waals surface area contributed by atoms with Crippen molar-refractivity contribution in [3.8, 4) is 0 Å². The summed E-state index contributed by atoms with van der Waals surface area (Å²) in [5, 5.41) is 3.82. The Labute approximate surface area is 123 Å². The van der Waals surface area contributed by atoms with Gasteiger partial charge < -0.3 is 5.32 Å². The molecule has 2 atom stereocenters. The molecule has 1 aliphatic heterocycles. The van der Waals surface area contributed by atoms with E-state index < -0.39 is 5.82 Å². The van der Waals surface area contributed by atoms with Gasteiger partial charge in [-0.1, -0.05) is 23.2 Å². The molecule has 1 aromatic carbocycles. The Morgan fingerprint density at radius 1 is 1.42 bits per heavy atom. The van der Waals surface area contributed by atoms with Gasteiger partial charge in [-0.2, -0.15) is 0 Å². The van der Waals surface area contributed by atoms with E-state index in [0.717, 1.165) is 25.2 Å². The van der Waals surface area contributed by atoms with E-state index in [1.165, 1.54) is 18.6 Å². The summed E-state index contributed by atoms with van der Waals surface area (Å²) in [6.07, 6.45) is 1.17. The topological polar surface area (TPSA) is 15.3 Å². The second-order valence-corrected chi connectivity index (χ2v) is 5.99. The van der Waals surface area contributed by atoms with Crippen LogP contribution in [0.1, 0.15) is 24.9 Å². The summed E-state index contributed by atoms with van der Waals surface area (Å²) in [7, 11) is 1.97. The van der Waals surface area contributed by atoms with Gasteiger partial charge in [-0.15, -0.1) is 0 Å². The number of benzene rings is 1. The molecule has 0 spiro atoms. The van der Waals surface area contributed by atoms with Crippen molar-refractivity contribution in [3.63, 3.8) is 0 Å². The highest BCUT2D eigenvalue weighted by atomic mass is 35.5. The Balaban J connectivity index is 2.12. The molecule has 5 heteroatoms. The highest BCUT2D eigenvalue weighted by Crippen LogP contribution is 2.33. The number of nitrogens with one attached hydrogen (secondary N) is 1. The molecule has 0 aromatic heterocycles. The molecule has 0 saturated carbocycles. The Kier molecular flexibility index (Phi) is 5.07. The van der Waals surface area contributed by atoms with Crippen LogP contribution in [0.4, 0.5) is 4.39 Å². The van der Waals surface area contributed by atoms with Gasteiger partial charge in [-0.3, -0.25) is 4.90 Å². The van der Waals surface area contributed by atoms with Crippen LogP contribution in [0.25, 0.3) is 0 Å². The average molecular weight is 305 g/mol. The third-order valence-corrected chi connectivity index (χ3v) is 4.46. The molecule has 1 aromatic rings. The molecule has 1 N–H and O–H groups in total. The lowest BCUT2D eigenvalue weighted by atomic mass is 10.1. The lowest BCUT2D eigenvalue weighted by Crippen LogP contribution is -2.27. The van der Waals surface area contributed by atoms with E-state index in [1.807, 2.05) is 7.05 Å². The van der Waals surface area contributed by atoms with Gasteiger partial charge in [-0.05, 0) is 57.1 Å². The minimum absolute atomic E-state index is 0.0791. The number of rotatable bonds is 4. The first kappa shape index (κ1) is 15.0. The zero-order valence-corrected chi connectivity index (χ0v) is 12.7. The van der Waals surface area contributed by atoms with E-state index >= 15 is 0 Å². The molecule has 106 valence electrons. The van der Waals surface area contributed by atoms with Crippen LogP contribution >= 0.6 is 23.2 Å². The maximum atomic E-state index is 13.6. The van der Waals surface area contributed by atoms with E-state index in [-0.39, 0.29) is 11.1 Å². The van der Waals surface area contributed by atoms with Crippen molar-refractivity contribution in [3.05, 3.63) is 33.6 Å². The van der Waals surface area contributed by atoms with E-state index in [1.54, 1.807) is 0 Å². The molecule has 0 bridgehead atoms. The summed E-state index contributed by atoms with van der Waals surface area (Å²) in [6, 6.07) is 3.06. The van der Waals surface area contributed by atoms with Crippen LogP contribution in [0.3, 0.4) is 0 Å². The highest BCUT2D eigenvalue weighted by molar-refractivity contribution is 6.35. The lowest BCUT2D eigenvalue weighted by molar-refractivity contribution is 0.252. The van der Waals surface area contributed by atoms with Gasteiger partial charge >= 0.3 is 0 Å². The Bertz CT molecular complexity index is 453. The van der Waals surface area contributed by atoms with E-state index in [4.69, 9.17) is 23.2 Å². The molecule has 2 unspecified atom stereocenters. The number of halogens is 3. The van der Waals surface area contributed by atoms with Crippen molar-refractivity contribution in [2.45, 2.75) is 19.4 Å². The van der Waals surface area contributed by atoms with Crippen molar-refractivity contribution < 1.29 is 4.39 Å². The van der Waals surface area contributed by atoms with E-state index in [0.29, 0.717) is 10.9 Å². The predicted octanol–water partition coefficient (Wildman–Crippen LogP) is 3.73. The molecule has 0 amide bonds. The van der Waals surface area contributed by atoms with E-state index in [9.17, 15) is 4.39 Å². The molecule has 2 rings (SSSR count). The molecular weight excluding hydrogens is 286 g/mol. The fourth-order valence-electron chi connectivity index (χ4n) is 2.72. The maximum absolute atomic E-state index is 13.6. The van der Waals surface area contributed by atoms with Crippen LogP contribution in [0.2, 0.25) is 10.0 Å². The molecule has 19 heavy (non-hydrogen) atoms. The van der Waals surface area contributed by atoms with Gasteiger partial charge in [0, 0.05) is 17.6 Å². The molecule has 1 fully saturated rings. The van der Waals surface area contributed by atoms with Gasteiger partial charge in [0.05, 0.1) is 5.02 Å².